The highest BCUT2D eigenvalue weighted by Gasteiger charge is 2.29. The Hall–Kier alpha value is -2.56. The number of imidazole rings is 1. The fourth-order valence-electron chi connectivity index (χ4n) is 3.41. The van der Waals surface area contributed by atoms with Crippen LogP contribution >= 0.6 is 0 Å². The van der Waals surface area contributed by atoms with Gasteiger partial charge in [0.1, 0.15) is 0 Å². The molecule has 0 saturated carbocycles. The van der Waals surface area contributed by atoms with Crippen molar-refractivity contribution in [3.05, 3.63) is 46.4 Å². The third kappa shape index (κ3) is 3.26. The SMILES string of the molecule is CCCNC(=O)c1ccc(C)c(N(C)C2(C)C=c3c(ncn3C)=CC2)c1.[HH]. The van der Waals surface area contributed by atoms with E-state index in [9.17, 15) is 4.79 Å². The Morgan fingerprint density at radius 3 is 2.96 bits per heavy atom. The molecule has 0 fully saturated rings. The molecule has 1 N–H and O–H groups in total. The topological polar surface area (TPSA) is 50.2 Å². The lowest BCUT2D eigenvalue weighted by molar-refractivity contribution is 0.0953. The van der Waals surface area contributed by atoms with Crippen molar-refractivity contribution < 1.29 is 6.22 Å². The van der Waals surface area contributed by atoms with Gasteiger partial charge in [0.15, 0.2) is 0 Å². The molecule has 1 amide bonds. The van der Waals surface area contributed by atoms with Crippen molar-refractivity contribution in [2.24, 2.45) is 7.05 Å². The summed E-state index contributed by atoms with van der Waals surface area (Å²) in [5.74, 6) is -0.0141. The molecule has 0 spiro atoms. The molecule has 1 atom stereocenters. The van der Waals surface area contributed by atoms with Crippen LogP contribution in [-0.4, -0.2) is 34.6 Å². The first kappa shape index (κ1) is 18.2. The van der Waals surface area contributed by atoms with E-state index in [-0.39, 0.29) is 12.9 Å². The number of rotatable bonds is 5. The molecule has 0 saturated heterocycles. The first-order chi connectivity index (χ1) is 12.4. The summed E-state index contributed by atoms with van der Waals surface area (Å²) in [4.78, 5) is 19.1. The molecule has 1 aromatic carbocycles. The van der Waals surface area contributed by atoms with Gasteiger partial charge in [-0.05, 0) is 50.5 Å². The van der Waals surface area contributed by atoms with E-state index in [1.807, 2.05) is 31.6 Å². The van der Waals surface area contributed by atoms with Crippen LogP contribution in [0.3, 0.4) is 0 Å². The molecule has 0 bridgehead atoms. The minimum atomic E-state index is -0.177. The van der Waals surface area contributed by atoms with Gasteiger partial charge >= 0.3 is 0 Å². The average Bonchev–Trinajstić information content (AvgIpc) is 2.99. The van der Waals surface area contributed by atoms with Crippen LogP contribution in [0.5, 0.6) is 0 Å². The molecule has 2 aromatic rings. The summed E-state index contributed by atoms with van der Waals surface area (Å²) in [7, 11) is 4.12. The smallest absolute Gasteiger partial charge is 0.251 e. The van der Waals surface area contributed by atoms with Crippen LogP contribution in [0.25, 0.3) is 12.2 Å². The fraction of sp³-hybridized carbons (Fsp3) is 0.429. The molecule has 1 unspecified atom stereocenters. The van der Waals surface area contributed by atoms with E-state index >= 15 is 0 Å². The maximum atomic E-state index is 12.4. The second kappa shape index (κ2) is 6.98. The maximum Gasteiger partial charge on any atom is 0.251 e. The van der Waals surface area contributed by atoms with Crippen LogP contribution in [0.2, 0.25) is 0 Å². The number of carbonyl (C=O) groups excluding carboxylic acids is 1. The number of aryl methyl sites for hydroxylation is 2. The first-order valence-electron chi connectivity index (χ1n) is 9.19. The Balaban J connectivity index is 0.00000261. The molecule has 140 valence electrons. The van der Waals surface area contributed by atoms with Gasteiger partial charge in [0.2, 0.25) is 0 Å². The molecular formula is C21H30N4O. The lowest BCUT2D eigenvalue weighted by atomic mass is 9.90. The Bertz CT molecular complexity index is 950. The second-order valence-electron chi connectivity index (χ2n) is 7.35. The van der Waals surface area contributed by atoms with Crippen molar-refractivity contribution in [1.82, 2.24) is 14.9 Å². The highest BCUT2D eigenvalue weighted by Crippen LogP contribution is 2.31. The Labute approximate surface area is 156 Å². The van der Waals surface area contributed by atoms with E-state index in [2.05, 4.69) is 59.7 Å². The number of amides is 1. The zero-order valence-corrected chi connectivity index (χ0v) is 16.3. The number of aromatic nitrogens is 2. The minimum absolute atomic E-state index is 0. The summed E-state index contributed by atoms with van der Waals surface area (Å²) < 4.78 is 2.05. The highest BCUT2D eigenvalue weighted by atomic mass is 16.1. The quantitative estimate of drug-likeness (QED) is 0.893. The summed E-state index contributed by atoms with van der Waals surface area (Å²) in [5, 5.41) is 5.14. The van der Waals surface area contributed by atoms with Crippen LogP contribution < -0.4 is 20.9 Å². The largest absolute Gasteiger partial charge is 0.365 e. The van der Waals surface area contributed by atoms with E-state index in [1.165, 1.54) is 0 Å². The average molecular weight is 354 g/mol. The van der Waals surface area contributed by atoms with Crippen LogP contribution in [0, 0.1) is 6.92 Å². The van der Waals surface area contributed by atoms with Crippen LogP contribution in [0.4, 0.5) is 5.69 Å². The van der Waals surface area contributed by atoms with Gasteiger partial charge in [-0.3, -0.25) is 4.79 Å². The van der Waals surface area contributed by atoms with E-state index in [1.54, 1.807) is 0 Å². The van der Waals surface area contributed by atoms with Gasteiger partial charge in [-0.25, -0.2) is 4.98 Å². The Kier molecular flexibility index (Phi) is 4.90. The van der Waals surface area contributed by atoms with E-state index in [4.69, 9.17) is 0 Å². The van der Waals surface area contributed by atoms with Crippen LogP contribution in [0.1, 0.15) is 44.0 Å². The van der Waals surface area contributed by atoms with Gasteiger partial charge in [0, 0.05) is 33.3 Å². The lowest BCUT2D eigenvalue weighted by Gasteiger charge is -2.39. The van der Waals surface area contributed by atoms with Gasteiger partial charge in [-0.15, -0.1) is 0 Å². The van der Waals surface area contributed by atoms with Crippen molar-refractivity contribution in [2.45, 2.75) is 39.2 Å². The number of carbonyl (C=O) groups is 1. The predicted octanol–water partition coefficient (Wildman–Crippen LogP) is 1.97. The maximum absolute atomic E-state index is 12.4. The van der Waals surface area contributed by atoms with E-state index < -0.39 is 0 Å². The normalized spacial score (nSPS) is 18.5. The molecular weight excluding hydrogens is 324 g/mol. The third-order valence-electron chi connectivity index (χ3n) is 5.30. The molecule has 0 aliphatic heterocycles. The lowest BCUT2D eigenvalue weighted by Crippen LogP contribution is -2.48. The van der Waals surface area contributed by atoms with Crippen molar-refractivity contribution >= 4 is 23.7 Å². The molecule has 26 heavy (non-hydrogen) atoms. The molecule has 1 heterocycles. The highest BCUT2D eigenvalue weighted by molar-refractivity contribution is 5.95. The number of nitrogens with one attached hydrogen (secondary N) is 1. The first-order valence-corrected chi connectivity index (χ1v) is 9.19. The van der Waals surface area contributed by atoms with Gasteiger partial charge in [-0.2, -0.15) is 0 Å². The van der Waals surface area contributed by atoms with E-state index in [0.717, 1.165) is 34.8 Å². The number of hydrogen-bond acceptors (Lipinski definition) is 3. The molecule has 3 rings (SSSR count). The zero-order chi connectivity index (χ0) is 18.9. The molecule has 5 nitrogen and oxygen atoms in total. The van der Waals surface area contributed by atoms with Gasteiger partial charge in [0.05, 0.1) is 22.6 Å². The van der Waals surface area contributed by atoms with E-state index in [0.29, 0.717) is 12.1 Å². The van der Waals surface area contributed by atoms with Crippen molar-refractivity contribution in [3.8, 4) is 0 Å². The van der Waals surface area contributed by atoms with Crippen molar-refractivity contribution in [1.29, 1.82) is 0 Å². The Morgan fingerprint density at radius 2 is 2.23 bits per heavy atom. The molecule has 1 aromatic heterocycles. The molecule has 1 aliphatic carbocycles. The second-order valence-corrected chi connectivity index (χ2v) is 7.35. The summed E-state index contributed by atoms with van der Waals surface area (Å²) in [6.45, 7) is 7.06. The number of fused-ring (bicyclic) bond motifs is 1. The third-order valence-corrected chi connectivity index (χ3v) is 5.30. The number of anilines is 1. The Morgan fingerprint density at radius 1 is 1.46 bits per heavy atom. The van der Waals surface area contributed by atoms with Gasteiger partial charge in [-0.1, -0.05) is 19.1 Å². The zero-order valence-electron chi connectivity index (χ0n) is 16.3. The summed E-state index contributed by atoms with van der Waals surface area (Å²) in [5.41, 5.74) is 2.76. The van der Waals surface area contributed by atoms with Gasteiger partial charge in [0.25, 0.3) is 5.91 Å². The number of nitrogens with zero attached hydrogens (tertiary/aromatic N) is 3. The predicted molar refractivity (Wildman–Crippen MR) is 109 cm³/mol. The van der Waals surface area contributed by atoms with Crippen molar-refractivity contribution in [3.63, 3.8) is 0 Å². The molecule has 1 aliphatic rings. The standard InChI is InChI=1S/C21H28N4O.H2/c1-6-11-22-20(26)16-8-7-15(2)18(12-16)25(5)21(3)10-9-17-19(13-21)24(4)14-23-17;/h7-9,12-14H,6,10-11H2,1-5H3,(H,22,26);1H. The molecule has 5 heteroatoms. The fourth-order valence-corrected chi connectivity index (χ4v) is 3.41. The summed E-state index contributed by atoms with van der Waals surface area (Å²) in [6, 6.07) is 5.92. The van der Waals surface area contributed by atoms with Gasteiger partial charge < -0.3 is 14.8 Å². The monoisotopic (exact) mass is 354 g/mol. The summed E-state index contributed by atoms with van der Waals surface area (Å²) in [6.07, 6.45) is 8.13. The molecule has 0 radical (unpaired) electrons. The van der Waals surface area contributed by atoms with Crippen LogP contribution in [0.15, 0.2) is 24.5 Å². The number of hydrogen-bond donors (Lipinski definition) is 1. The van der Waals surface area contributed by atoms with Crippen LogP contribution in [-0.2, 0) is 7.05 Å². The van der Waals surface area contributed by atoms with Crippen molar-refractivity contribution in [2.75, 3.05) is 18.5 Å². The summed E-state index contributed by atoms with van der Waals surface area (Å²) >= 11 is 0. The number of benzene rings is 1. The minimum Gasteiger partial charge on any atom is -0.365 e.